The monoisotopic (exact) mass is 226 g/mol. The van der Waals surface area contributed by atoms with E-state index in [4.69, 9.17) is 0 Å². The van der Waals surface area contributed by atoms with Crippen molar-refractivity contribution < 1.29 is 9.90 Å². The number of hydrogen-bond acceptors (Lipinski definition) is 2. The molecule has 0 radical (unpaired) electrons. The van der Waals surface area contributed by atoms with Gasteiger partial charge >= 0.3 is 0 Å². The summed E-state index contributed by atoms with van der Waals surface area (Å²) in [6, 6.07) is 3.22. The molecule has 62 valence electrons. The fourth-order valence-electron chi connectivity index (χ4n) is 1.53. The Morgan fingerprint density at radius 3 is 2.83 bits per heavy atom. The molecule has 0 heterocycles. The van der Waals surface area contributed by atoms with Crippen molar-refractivity contribution in [3.63, 3.8) is 0 Å². The number of aromatic hydroxyl groups is 1. The first-order valence-corrected chi connectivity index (χ1v) is 4.52. The van der Waals surface area contributed by atoms with Crippen molar-refractivity contribution >= 4 is 21.7 Å². The third kappa shape index (κ3) is 1.05. The van der Waals surface area contributed by atoms with E-state index in [1.807, 2.05) is 0 Å². The minimum atomic E-state index is 0.164. The number of fused-ring (bicyclic) bond motifs is 1. The zero-order valence-electron chi connectivity index (χ0n) is 6.30. The number of ketones is 1. The summed E-state index contributed by atoms with van der Waals surface area (Å²) in [5, 5.41) is 9.22. The van der Waals surface area contributed by atoms with Gasteiger partial charge in [-0.3, -0.25) is 4.79 Å². The molecule has 0 aliphatic heterocycles. The normalized spacial score (nSPS) is 14.9. The van der Waals surface area contributed by atoms with Gasteiger partial charge in [-0.05, 0) is 40.0 Å². The summed E-state index contributed by atoms with van der Waals surface area (Å²) >= 11 is 3.26. The average molecular weight is 227 g/mol. The maximum absolute atomic E-state index is 11.3. The first-order valence-electron chi connectivity index (χ1n) is 3.73. The van der Waals surface area contributed by atoms with Crippen LogP contribution in [-0.2, 0) is 6.42 Å². The van der Waals surface area contributed by atoms with E-state index in [9.17, 15) is 9.90 Å². The number of phenols is 1. The van der Waals surface area contributed by atoms with Gasteiger partial charge in [0.05, 0.1) is 0 Å². The number of hydrogen-bond donors (Lipinski definition) is 1. The molecule has 0 saturated heterocycles. The molecule has 0 aromatic heterocycles. The third-order valence-corrected chi connectivity index (χ3v) is 2.68. The number of halogens is 1. The summed E-state index contributed by atoms with van der Waals surface area (Å²) < 4.78 is 0.708. The Labute approximate surface area is 78.3 Å². The molecule has 0 amide bonds. The molecule has 2 nitrogen and oxygen atoms in total. The first kappa shape index (κ1) is 7.80. The van der Waals surface area contributed by atoms with Crippen LogP contribution in [0.15, 0.2) is 16.6 Å². The molecule has 0 bridgehead atoms. The van der Waals surface area contributed by atoms with Crippen LogP contribution in [0.3, 0.4) is 0 Å². The van der Waals surface area contributed by atoms with Crippen LogP contribution in [0.4, 0.5) is 0 Å². The van der Waals surface area contributed by atoms with Gasteiger partial charge in [0.1, 0.15) is 5.75 Å². The predicted molar refractivity (Wildman–Crippen MR) is 48.5 cm³/mol. The third-order valence-electron chi connectivity index (χ3n) is 2.06. The number of carbonyl (C=O) groups is 1. The minimum Gasteiger partial charge on any atom is -0.508 e. The maximum atomic E-state index is 11.3. The molecule has 0 spiro atoms. The lowest BCUT2D eigenvalue weighted by Crippen LogP contribution is -1.92. The van der Waals surface area contributed by atoms with E-state index < -0.39 is 0 Å². The summed E-state index contributed by atoms with van der Waals surface area (Å²) in [5.74, 6) is 0.382. The van der Waals surface area contributed by atoms with Gasteiger partial charge in [0.15, 0.2) is 5.78 Å². The molecule has 2 rings (SSSR count). The van der Waals surface area contributed by atoms with Crippen LogP contribution in [0.25, 0.3) is 0 Å². The summed E-state index contributed by atoms with van der Waals surface area (Å²) in [6.07, 6.45) is 1.32. The summed E-state index contributed by atoms with van der Waals surface area (Å²) in [6.45, 7) is 0. The van der Waals surface area contributed by atoms with Crippen molar-refractivity contribution in [3.8, 4) is 5.75 Å². The van der Waals surface area contributed by atoms with Crippen LogP contribution in [0.1, 0.15) is 22.3 Å². The summed E-state index contributed by atoms with van der Waals surface area (Å²) in [4.78, 5) is 11.3. The molecule has 1 aliphatic carbocycles. The zero-order valence-corrected chi connectivity index (χ0v) is 7.89. The van der Waals surface area contributed by atoms with Crippen molar-refractivity contribution in [2.24, 2.45) is 0 Å². The highest BCUT2D eigenvalue weighted by atomic mass is 79.9. The number of carbonyl (C=O) groups excluding carboxylic acids is 1. The lowest BCUT2D eigenvalue weighted by molar-refractivity contribution is 0.0994. The maximum Gasteiger partial charge on any atom is 0.164 e. The van der Waals surface area contributed by atoms with E-state index in [-0.39, 0.29) is 11.5 Å². The van der Waals surface area contributed by atoms with E-state index in [1.165, 1.54) is 0 Å². The zero-order chi connectivity index (χ0) is 8.72. The van der Waals surface area contributed by atoms with Gasteiger partial charge in [-0.15, -0.1) is 0 Å². The van der Waals surface area contributed by atoms with E-state index in [0.717, 1.165) is 17.5 Å². The van der Waals surface area contributed by atoms with Crippen molar-refractivity contribution in [2.75, 3.05) is 0 Å². The molecule has 0 atom stereocenters. The minimum absolute atomic E-state index is 0.164. The molecular formula is C9H7BrO2. The van der Waals surface area contributed by atoms with Gasteiger partial charge in [-0.1, -0.05) is 0 Å². The first-order chi connectivity index (χ1) is 5.68. The lowest BCUT2D eigenvalue weighted by atomic mass is 10.1. The van der Waals surface area contributed by atoms with Gasteiger partial charge in [-0.25, -0.2) is 0 Å². The summed E-state index contributed by atoms with van der Waals surface area (Å²) in [7, 11) is 0. The van der Waals surface area contributed by atoms with Gasteiger partial charge < -0.3 is 5.11 Å². The predicted octanol–water partition coefficient (Wildman–Crippen LogP) is 2.28. The van der Waals surface area contributed by atoms with E-state index in [2.05, 4.69) is 15.9 Å². The van der Waals surface area contributed by atoms with Gasteiger partial charge in [0, 0.05) is 16.5 Å². The molecule has 0 fully saturated rings. The van der Waals surface area contributed by atoms with Crippen LogP contribution < -0.4 is 0 Å². The lowest BCUT2D eigenvalue weighted by Gasteiger charge is -2.01. The number of phenolic OH excluding ortho intramolecular Hbond substituents is 1. The van der Waals surface area contributed by atoms with Crippen molar-refractivity contribution in [1.82, 2.24) is 0 Å². The Hall–Kier alpha value is -0.830. The molecule has 1 aromatic carbocycles. The molecule has 3 heteroatoms. The molecular weight excluding hydrogens is 220 g/mol. The fourth-order valence-corrected chi connectivity index (χ4v) is 2.24. The SMILES string of the molecule is O=C1CCc2cc(O)cc(Br)c21. The second-order valence-electron chi connectivity index (χ2n) is 2.88. The Morgan fingerprint density at radius 2 is 2.08 bits per heavy atom. The Balaban J connectivity index is 2.68. The Kier molecular flexibility index (Phi) is 1.68. The highest BCUT2D eigenvalue weighted by Gasteiger charge is 2.22. The van der Waals surface area contributed by atoms with Crippen molar-refractivity contribution in [1.29, 1.82) is 0 Å². The molecule has 12 heavy (non-hydrogen) atoms. The van der Waals surface area contributed by atoms with Gasteiger partial charge in [-0.2, -0.15) is 0 Å². The highest BCUT2D eigenvalue weighted by Crippen LogP contribution is 2.32. The molecule has 1 aromatic rings. The molecule has 1 aliphatic rings. The van der Waals surface area contributed by atoms with Crippen LogP contribution in [0, 0.1) is 0 Å². The van der Waals surface area contributed by atoms with Crippen LogP contribution in [0.2, 0.25) is 0 Å². The standard InChI is InChI=1S/C9H7BrO2/c10-7-4-6(11)3-5-1-2-8(12)9(5)7/h3-4,11H,1-2H2. The number of aryl methyl sites for hydroxylation is 1. The van der Waals surface area contributed by atoms with Crippen LogP contribution in [0.5, 0.6) is 5.75 Å². The highest BCUT2D eigenvalue weighted by molar-refractivity contribution is 9.10. The Morgan fingerprint density at radius 1 is 1.33 bits per heavy atom. The fraction of sp³-hybridized carbons (Fsp3) is 0.222. The molecule has 0 saturated carbocycles. The van der Waals surface area contributed by atoms with Gasteiger partial charge in [0.2, 0.25) is 0 Å². The molecule has 1 N–H and O–H groups in total. The number of rotatable bonds is 0. The second-order valence-corrected chi connectivity index (χ2v) is 3.74. The van der Waals surface area contributed by atoms with Crippen LogP contribution >= 0.6 is 15.9 Å². The molecule has 0 unspecified atom stereocenters. The second kappa shape index (κ2) is 2.59. The number of Topliss-reactive ketones (excluding diaryl/α,β-unsaturated/α-hetero) is 1. The summed E-state index contributed by atoms with van der Waals surface area (Å²) in [5.41, 5.74) is 1.69. The smallest absolute Gasteiger partial charge is 0.164 e. The van der Waals surface area contributed by atoms with Gasteiger partial charge in [0.25, 0.3) is 0 Å². The largest absolute Gasteiger partial charge is 0.508 e. The van der Waals surface area contributed by atoms with E-state index in [0.29, 0.717) is 10.9 Å². The topological polar surface area (TPSA) is 37.3 Å². The van der Waals surface area contributed by atoms with E-state index >= 15 is 0 Å². The quantitative estimate of drug-likeness (QED) is 0.738. The number of benzene rings is 1. The van der Waals surface area contributed by atoms with Crippen LogP contribution in [-0.4, -0.2) is 10.9 Å². The van der Waals surface area contributed by atoms with Crippen molar-refractivity contribution in [2.45, 2.75) is 12.8 Å². The average Bonchev–Trinajstić information content (AvgIpc) is 2.31. The van der Waals surface area contributed by atoms with Crippen molar-refractivity contribution in [3.05, 3.63) is 27.7 Å². The Bertz CT molecular complexity index is 358. The van der Waals surface area contributed by atoms with E-state index in [1.54, 1.807) is 12.1 Å².